The first-order chi connectivity index (χ1) is 8.09. The van der Waals surface area contributed by atoms with Crippen molar-refractivity contribution in [3.05, 3.63) is 21.9 Å². The molecule has 1 fully saturated rings. The van der Waals surface area contributed by atoms with E-state index in [0.717, 1.165) is 31.6 Å². The van der Waals surface area contributed by atoms with E-state index in [0.29, 0.717) is 6.04 Å². The Labute approximate surface area is 106 Å². The number of nitrogens with one attached hydrogen (secondary N) is 1. The zero-order valence-electron chi connectivity index (χ0n) is 10.3. The van der Waals surface area contributed by atoms with Crippen LogP contribution in [0.2, 0.25) is 0 Å². The van der Waals surface area contributed by atoms with Crippen molar-refractivity contribution in [1.82, 2.24) is 5.32 Å². The molecule has 1 N–H and O–H groups in total. The van der Waals surface area contributed by atoms with E-state index in [-0.39, 0.29) is 5.60 Å². The molecule has 0 aliphatic carbocycles. The quantitative estimate of drug-likeness (QED) is 0.897. The summed E-state index contributed by atoms with van der Waals surface area (Å²) in [5, 5.41) is 14.2. The van der Waals surface area contributed by atoms with Crippen LogP contribution in [-0.4, -0.2) is 18.2 Å². The first kappa shape index (κ1) is 12.6. The van der Waals surface area contributed by atoms with E-state index < -0.39 is 0 Å². The summed E-state index contributed by atoms with van der Waals surface area (Å²) >= 11 is 1.65. The van der Waals surface area contributed by atoms with Crippen molar-refractivity contribution in [3.63, 3.8) is 0 Å². The summed E-state index contributed by atoms with van der Waals surface area (Å²) in [4.78, 5) is 1.23. The van der Waals surface area contributed by atoms with Crippen molar-refractivity contribution in [1.29, 1.82) is 5.26 Å². The summed E-state index contributed by atoms with van der Waals surface area (Å²) in [5.41, 5.74) is 0.752. The number of rotatable bonds is 3. The summed E-state index contributed by atoms with van der Waals surface area (Å²) < 4.78 is 5.69. The third kappa shape index (κ3) is 3.53. The Balaban J connectivity index is 1.84. The van der Waals surface area contributed by atoms with E-state index in [9.17, 15) is 0 Å². The lowest BCUT2D eigenvalue weighted by Crippen LogP contribution is -2.43. The third-order valence-corrected chi connectivity index (χ3v) is 3.98. The zero-order chi connectivity index (χ0) is 12.3. The Bertz CT molecular complexity index is 419. The molecule has 1 aliphatic rings. The molecule has 1 atom stereocenters. The fourth-order valence-electron chi connectivity index (χ4n) is 2.18. The Morgan fingerprint density at radius 3 is 3.12 bits per heavy atom. The maximum absolute atomic E-state index is 8.76. The fourth-order valence-corrected chi connectivity index (χ4v) is 2.94. The van der Waals surface area contributed by atoms with Gasteiger partial charge in [0.2, 0.25) is 0 Å². The van der Waals surface area contributed by atoms with Crippen LogP contribution < -0.4 is 5.32 Å². The molecule has 17 heavy (non-hydrogen) atoms. The lowest BCUT2D eigenvalue weighted by Gasteiger charge is -2.35. The molecule has 0 bridgehead atoms. The number of thiophene rings is 1. The van der Waals surface area contributed by atoms with Gasteiger partial charge in [0.25, 0.3) is 0 Å². The molecule has 1 aromatic heterocycles. The minimum Gasteiger partial charge on any atom is -0.375 e. The van der Waals surface area contributed by atoms with Crippen LogP contribution in [0.25, 0.3) is 0 Å². The molecule has 0 amide bonds. The van der Waals surface area contributed by atoms with Gasteiger partial charge >= 0.3 is 0 Å². The second-order valence-electron chi connectivity index (χ2n) is 5.09. The first-order valence-corrected chi connectivity index (χ1v) is 6.82. The van der Waals surface area contributed by atoms with Crippen LogP contribution in [0.15, 0.2) is 11.4 Å². The minimum atomic E-state index is -0.0107. The van der Waals surface area contributed by atoms with Gasteiger partial charge in [-0.25, -0.2) is 0 Å². The van der Waals surface area contributed by atoms with Gasteiger partial charge in [0.15, 0.2) is 0 Å². The Kier molecular flexibility index (Phi) is 3.82. The molecule has 1 aliphatic heterocycles. The van der Waals surface area contributed by atoms with E-state index in [4.69, 9.17) is 10.00 Å². The van der Waals surface area contributed by atoms with Crippen LogP contribution in [0.3, 0.4) is 0 Å². The molecule has 0 saturated carbocycles. The van der Waals surface area contributed by atoms with Crippen molar-refractivity contribution in [2.45, 2.75) is 44.9 Å². The van der Waals surface area contributed by atoms with Crippen molar-refractivity contribution in [2.24, 2.45) is 0 Å². The Morgan fingerprint density at radius 2 is 2.47 bits per heavy atom. The lowest BCUT2D eigenvalue weighted by molar-refractivity contribution is -0.0630. The Hall–Kier alpha value is -0.890. The molecule has 3 nitrogen and oxygen atoms in total. The minimum absolute atomic E-state index is 0.0107. The molecule has 1 saturated heterocycles. The van der Waals surface area contributed by atoms with Crippen LogP contribution in [0.5, 0.6) is 0 Å². The number of hydrogen-bond acceptors (Lipinski definition) is 4. The number of ether oxygens (including phenoxy) is 1. The lowest BCUT2D eigenvalue weighted by atomic mass is 9.94. The van der Waals surface area contributed by atoms with E-state index in [1.807, 2.05) is 11.4 Å². The van der Waals surface area contributed by atoms with Gasteiger partial charge in [-0.1, -0.05) is 0 Å². The van der Waals surface area contributed by atoms with Crippen molar-refractivity contribution < 1.29 is 4.74 Å². The normalized spacial score (nSPS) is 23.2. The molecule has 1 aromatic rings. The second-order valence-corrected chi connectivity index (χ2v) is 6.09. The molecular weight excluding hydrogens is 232 g/mol. The van der Waals surface area contributed by atoms with Gasteiger partial charge in [-0.2, -0.15) is 5.26 Å². The van der Waals surface area contributed by atoms with Crippen LogP contribution >= 0.6 is 11.3 Å². The summed E-state index contributed by atoms with van der Waals surface area (Å²) in [7, 11) is 0. The second kappa shape index (κ2) is 5.18. The molecule has 0 aromatic carbocycles. The highest BCUT2D eigenvalue weighted by atomic mass is 32.1. The number of nitrogens with zero attached hydrogens (tertiary/aromatic N) is 1. The van der Waals surface area contributed by atoms with E-state index in [1.54, 1.807) is 11.3 Å². The summed E-state index contributed by atoms with van der Waals surface area (Å²) in [6.07, 6.45) is 2.11. The maximum atomic E-state index is 8.76. The molecule has 4 heteroatoms. The highest BCUT2D eigenvalue weighted by Gasteiger charge is 2.28. The fraction of sp³-hybridized carbons (Fsp3) is 0.615. The smallest absolute Gasteiger partial charge is 0.100 e. The molecule has 1 unspecified atom stereocenters. The van der Waals surface area contributed by atoms with Crippen LogP contribution in [0.4, 0.5) is 0 Å². The van der Waals surface area contributed by atoms with Crippen molar-refractivity contribution in [2.75, 3.05) is 6.61 Å². The topological polar surface area (TPSA) is 45.0 Å². The number of nitriles is 1. The predicted molar refractivity (Wildman–Crippen MR) is 68.9 cm³/mol. The van der Waals surface area contributed by atoms with Gasteiger partial charge in [-0.15, -0.1) is 11.3 Å². The van der Waals surface area contributed by atoms with Crippen molar-refractivity contribution in [3.8, 4) is 6.07 Å². The largest absolute Gasteiger partial charge is 0.375 e. The standard InChI is InChI=1S/C13H18N2OS/c1-13(2)6-11(3-4-16-13)15-8-12-5-10(7-14)9-17-12/h5,9,11,15H,3-4,6,8H2,1-2H3. The summed E-state index contributed by atoms with van der Waals surface area (Å²) in [6.45, 7) is 5.96. The monoisotopic (exact) mass is 250 g/mol. The van der Waals surface area contributed by atoms with E-state index in [1.165, 1.54) is 4.88 Å². The molecule has 0 radical (unpaired) electrons. The number of hydrogen-bond donors (Lipinski definition) is 1. The predicted octanol–water partition coefficient (Wildman–Crippen LogP) is 2.67. The molecule has 92 valence electrons. The van der Waals surface area contributed by atoms with Gasteiger partial charge in [-0.3, -0.25) is 0 Å². The average molecular weight is 250 g/mol. The molecular formula is C13H18N2OS. The van der Waals surface area contributed by atoms with Crippen LogP contribution in [-0.2, 0) is 11.3 Å². The molecule has 2 heterocycles. The molecule has 0 spiro atoms. The van der Waals surface area contributed by atoms with E-state index in [2.05, 4.69) is 25.2 Å². The summed E-state index contributed by atoms with van der Waals surface area (Å²) in [5.74, 6) is 0. The van der Waals surface area contributed by atoms with Crippen LogP contribution in [0, 0.1) is 11.3 Å². The summed E-state index contributed by atoms with van der Waals surface area (Å²) in [6, 6.07) is 4.64. The maximum Gasteiger partial charge on any atom is 0.100 e. The van der Waals surface area contributed by atoms with Crippen LogP contribution in [0.1, 0.15) is 37.1 Å². The van der Waals surface area contributed by atoms with Gasteiger partial charge in [0, 0.05) is 29.5 Å². The highest BCUT2D eigenvalue weighted by molar-refractivity contribution is 7.10. The average Bonchev–Trinajstić information content (AvgIpc) is 2.73. The first-order valence-electron chi connectivity index (χ1n) is 5.94. The zero-order valence-corrected chi connectivity index (χ0v) is 11.1. The van der Waals surface area contributed by atoms with Gasteiger partial charge in [0.1, 0.15) is 6.07 Å². The van der Waals surface area contributed by atoms with E-state index >= 15 is 0 Å². The van der Waals surface area contributed by atoms with Gasteiger partial charge in [0.05, 0.1) is 11.2 Å². The Morgan fingerprint density at radius 1 is 1.65 bits per heavy atom. The third-order valence-electron chi connectivity index (χ3n) is 3.04. The molecule has 2 rings (SSSR count). The van der Waals surface area contributed by atoms with Gasteiger partial charge in [-0.05, 0) is 32.8 Å². The highest BCUT2D eigenvalue weighted by Crippen LogP contribution is 2.24. The van der Waals surface area contributed by atoms with Gasteiger partial charge < -0.3 is 10.1 Å². The van der Waals surface area contributed by atoms with Crippen molar-refractivity contribution >= 4 is 11.3 Å². The SMILES string of the molecule is CC1(C)CC(NCc2cc(C#N)cs2)CCO1.